The first-order valence-corrected chi connectivity index (χ1v) is 13.8. The van der Waals surface area contributed by atoms with Crippen LogP contribution in [0.15, 0.2) is 102 Å². The number of carbonyl (C=O) groups excluding carboxylic acids is 2. The molecule has 8 nitrogen and oxygen atoms in total. The molecule has 41 heavy (non-hydrogen) atoms. The van der Waals surface area contributed by atoms with Crippen molar-refractivity contribution in [2.75, 3.05) is 6.61 Å². The second-order valence-corrected chi connectivity index (χ2v) is 10.6. The number of aryl methyl sites for hydroxylation is 1. The summed E-state index contributed by atoms with van der Waals surface area (Å²) in [6.45, 7) is 0.940. The fraction of sp³-hybridized carbons (Fsp3) is 0.200. The quantitative estimate of drug-likeness (QED) is 0.188. The largest absolute Gasteiger partial charge is 0.460 e. The molecular weight excluding hydrogens is 558 g/mol. The van der Waals surface area contributed by atoms with Gasteiger partial charge >= 0.3 is 17.9 Å². The number of esters is 2. The van der Waals surface area contributed by atoms with Gasteiger partial charge in [0.2, 0.25) is 12.4 Å². The zero-order valence-electron chi connectivity index (χ0n) is 21.8. The van der Waals surface area contributed by atoms with Crippen molar-refractivity contribution in [3.63, 3.8) is 0 Å². The van der Waals surface area contributed by atoms with Crippen LogP contribution in [0.25, 0.3) is 12.2 Å². The lowest BCUT2D eigenvalue weighted by molar-refractivity contribution is -0.191. The molecule has 0 N–H and O–H groups in total. The second-order valence-electron chi connectivity index (χ2n) is 9.02. The predicted molar refractivity (Wildman–Crippen MR) is 145 cm³/mol. The number of hydrogen-bond acceptors (Lipinski definition) is 8. The Morgan fingerprint density at radius 2 is 1.39 bits per heavy atom. The fourth-order valence-electron chi connectivity index (χ4n) is 3.78. The highest BCUT2D eigenvalue weighted by Crippen LogP contribution is 2.40. The van der Waals surface area contributed by atoms with Crippen LogP contribution in [0.1, 0.15) is 16.7 Å². The van der Waals surface area contributed by atoms with Gasteiger partial charge in [-0.15, -0.1) is 0 Å². The highest BCUT2D eigenvalue weighted by molar-refractivity contribution is 7.86. The van der Waals surface area contributed by atoms with Crippen LogP contribution in [-0.4, -0.2) is 51.4 Å². The number of carbonyl (C=O) groups is 2. The van der Waals surface area contributed by atoms with E-state index in [2.05, 4.69) is 0 Å². The summed E-state index contributed by atoms with van der Waals surface area (Å²) in [5.74, 6) is -6.17. The Morgan fingerprint density at radius 1 is 0.854 bits per heavy atom. The molecule has 4 rings (SSSR count). The molecule has 0 aliphatic carbocycles. The van der Waals surface area contributed by atoms with E-state index in [0.29, 0.717) is 11.1 Å². The fourth-order valence-corrected chi connectivity index (χ4v) is 4.76. The van der Waals surface area contributed by atoms with Crippen molar-refractivity contribution >= 4 is 34.2 Å². The average Bonchev–Trinajstić information content (AvgIpc) is 3.18. The summed E-state index contributed by atoms with van der Waals surface area (Å²) in [5, 5.41) is 0. The van der Waals surface area contributed by atoms with Gasteiger partial charge in [-0.25, -0.2) is 13.8 Å². The number of ether oxygens (including phenoxy) is 3. The third kappa shape index (κ3) is 7.94. The molecule has 11 heteroatoms. The van der Waals surface area contributed by atoms with E-state index in [1.807, 2.05) is 0 Å². The third-order valence-electron chi connectivity index (χ3n) is 5.91. The molecule has 3 aromatic carbocycles. The molecule has 0 bridgehead atoms. The van der Waals surface area contributed by atoms with E-state index in [-0.39, 0.29) is 4.90 Å². The van der Waals surface area contributed by atoms with Crippen LogP contribution in [0.4, 0.5) is 8.78 Å². The molecule has 1 heterocycles. The second kappa shape index (κ2) is 13.0. The lowest BCUT2D eigenvalue weighted by Gasteiger charge is -2.22. The Hall–Kier alpha value is -4.19. The topological polar surface area (TPSA) is 105 Å². The van der Waals surface area contributed by atoms with Crippen LogP contribution >= 0.6 is 0 Å². The number of rotatable bonds is 10. The van der Waals surface area contributed by atoms with Crippen LogP contribution in [-0.2, 0) is 38.1 Å². The van der Waals surface area contributed by atoms with Gasteiger partial charge in [-0.2, -0.15) is 17.2 Å². The van der Waals surface area contributed by atoms with Gasteiger partial charge in [0, 0.05) is 12.2 Å². The number of alkyl halides is 2. The molecule has 1 saturated heterocycles. The van der Waals surface area contributed by atoms with Crippen LogP contribution in [0.5, 0.6) is 0 Å². The molecule has 1 fully saturated rings. The Labute approximate surface area is 235 Å². The molecule has 3 atom stereocenters. The Balaban J connectivity index is 1.51. The Bertz CT molecular complexity index is 1510. The van der Waals surface area contributed by atoms with Gasteiger partial charge < -0.3 is 14.2 Å². The van der Waals surface area contributed by atoms with Crippen LogP contribution in [0, 0.1) is 6.92 Å². The third-order valence-corrected chi connectivity index (χ3v) is 7.19. The highest BCUT2D eigenvalue weighted by atomic mass is 32.2. The van der Waals surface area contributed by atoms with E-state index in [9.17, 15) is 18.0 Å². The minimum Gasteiger partial charge on any atom is -0.460 e. The normalized spacial score (nSPS) is 20.3. The van der Waals surface area contributed by atoms with Gasteiger partial charge in [-0.1, -0.05) is 78.4 Å². The van der Waals surface area contributed by atoms with Crippen molar-refractivity contribution in [3.8, 4) is 0 Å². The first-order chi connectivity index (χ1) is 19.5. The van der Waals surface area contributed by atoms with Gasteiger partial charge in [0.25, 0.3) is 10.1 Å². The molecule has 0 aromatic heterocycles. The summed E-state index contributed by atoms with van der Waals surface area (Å²) in [5.41, 5.74) is 2.05. The molecule has 0 spiro atoms. The SMILES string of the molecule is Cc1ccc(S(=O)(=O)OC2O[C@H](COC(=O)/C=C/c3ccccc3)[C@@H](OC(=O)/C=C/c3ccccc3)C2(F)F)cc1. The summed E-state index contributed by atoms with van der Waals surface area (Å²) in [6, 6.07) is 22.7. The van der Waals surface area contributed by atoms with E-state index in [0.717, 1.165) is 17.7 Å². The van der Waals surface area contributed by atoms with Gasteiger partial charge in [-0.05, 0) is 42.3 Å². The molecular formula is C30H26F2O8S. The summed E-state index contributed by atoms with van der Waals surface area (Å²) in [7, 11) is -4.70. The van der Waals surface area contributed by atoms with E-state index < -0.39 is 53.1 Å². The Morgan fingerprint density at radius 3 is 1.95 bits per heavy atom. The van der Waals surface area contributed by atoms with Crippen LogP contribution in [0.3, 0.4) is 0 Å². The zero-order chi connectivity index (χ0) is 29.5. The van der Waals surface area contributed by atoms with Crippen molar-refractivity contribution in [2.45, 2.75) is 36.2 Å². The predicted octanol–water partition coefficient (Wildman–Crippen LogP) is 4.94. The Kier molecular flexibility index (Phi) is 9.43. The van der Waals surface area contributed by atoms with Gasteiger partial charge in [0.15, 0.2) is 0 Å². The first-order valence-electron chi connectivity index (χ1n) is 12.4. The molecule has 0 amide bonds. The van der Waals surface area contributed by atoms with Gasteiger partial charge in [-0.3, -0.25) is 0 Å². The molecule has 0 saturated carbocycles. The monoisotopic (exact) mass is 584 g/mol. The minimum atomic E-state index is -4.70. The number of benzene rings is 3. The number of hydrogen-bond donors (Lipinski definition) is 0. The molecule has 1 aliphatic heterocycles. The van der Waals surface area contributed by atoms with Crippen molar-refractivity contribution in [1.29, 1.82) is 0 Å². The van der Waals surface area contributed by atoms with Crippen molar-refractivity contribution in [1.82, 2.24) is 0 Å². The maximum atomic E-state index is 15.5. The molecule has 1 unspecified atom stereocenters. The van der Waals surface area contributed by atoms with Crippen molar-refractivity contribution in [2.24, 2.45) is 0 Å². The molecule has 1 aliphatic rings. The van der Waals surface area contributed by atoms with Gasteiger partial charge in [0.05, 0.1) is 4.90 Å². The molecule has 0 radical (unpaired) electrons. The first kappa shape index (κ1) is 29.8. The lowest BCUT2D eigenvalue weighted by Crippen LogP contribution is -2.45. The molecule has 3 aromatic rings. The maximum absolute atomic E-state index is 15.5. The van der Waals surface area contributed by atoms with E-state index >= 15 is 8.78 Å². The smallest absolute Gasteiger partial charge is 0.337 e. The van der Waals surface area contributed by atoms with Gasteiger partial charge in [0.1, 0.15) is 12.7 Å². The summed E-state index contributed by atoms with van der Waals surface area (Å²) < 4.78 is 76.4. The summed E-state index contributed by atoms with van der Waals surface area (Å²) in [6.07, 6.45) is -1.90. The maximum Gasteiger partial charge on any atom is 0.337 e. The van der Waals surface area contributed by atoms with Crippen molar-refractivity contribution < 1.29 is 45.2 Å². The summed E-state index contributed by atoms with van der Waals surface area (Å²) >= 11 is 0. The average molecular weight is 585 g/mol. The highest BCUT2D eigenvalue weighted by Gasteiger charge is 2.63. The lowest BCUT2D eigenvalue weighted by atomic mass is 10.1. The van der Waals surface area contributed by atoms with Crippen LogP contribution < -0.4 is 0 Å². The van der Waals surface area contributed by atoms with Crippen LogP contribution in [0.2, 0.25) is 0 Å². The standard InChI is InChI=1S/C30H26F2O8S/c1-21-12-16-24(17-13-21)41(35,36)40-29-30(31,32)28(39-27(34)19-15-23-10-6-3-7-11-23)25(38-29)20-37-26(33)18-14-22-8-4-2-5-9-22/h2-19,25,28-29H,20H2,1H3/b18-14+,19-15+/t25-,28-,29?/m1/s1. The summed E-state index contributed by atoms with van der Waals surface area (Å²) in [4.78, 5) is 24.3. The van der Waals surface area contributed by atoms with E-state index in [1.165, 1.54) is 36.4 Å². The molecule has 214 valence electrons. The van der Waals surface area contributed by atoms with Crippen molar-refractivity contribution in [3.05, 3.63) is 114 Å². The van der Waals surface area contributed by atoms with E-state index in [4.69, 9.17) is 18.4 Å². The number of halogens is 2. The zero-order valence-corrected chi connectivity index (χ0v) is 22.6. The minimum absolute atomic E-state index is 0.372. The van der Waals surface area contributed by atoms with E-state index in [1.54, 1.807) is 67.6 Å².